The van der Waals surface area contributed by atoms with Crippen LogP contribution in [0.1, 0.15) is 41.9 Å². The maximum absolute atomic E-state index is 10.6. The van der Waals surface area contributed by atoms with Gasteiger partial charge in [-0.3, -0.25) is 4.79 Å². The number of carboxylic acids is 1. The Labute approximate surface area is 111 Å². The molecule has 5 nitrogen and oxygen atoms in total. The summed E-state index contributed by atoms with van der Waals surface area (Å²) in [6.45, 7) is 2.19. The molecular formula is C12H19N3O2S. The van der Waals surface area contributed by atoms with Gasteiger partial charge in [-0.1, -0.05) is 0 Å². The third-order valence-electron chi connectivity index (χ3n) is 3.39. The Morgan fingerprint density at radius 3 is 2.94 bits per heavy atom. The van der Waals surface area contributed by atoms with Crippen LogP contribution in [0.5, 0.6) is 0 Å². The van der Waals surface area contributed by atoms with Crippen molar-refractivity contribution >= 4 is 17.3 Å². The average molecular weight is 269 g/mol. The number of likely N-dealkylation sites (tertiary alicyclic amines) is 1. The van der Waals surface area contributed by atoms with Gasteiger partial charge in [-0.25, -0.2) is 4.98 Å². The van der Waals surface area contributed by atoms with E-state index in [-0.39, 0.29) is 6.42 Å². The molecule has 1 atom stereocenters. The number of aliphatic carboxylic acids is 1. The molecule has 1 aliphatic heterocycles. The molecule has 2 rings (SSSR count). The molecule has 0 amide bonds. The number of aromatic nitrogens is 1. The fourth-order valence-electron chi connectivity index (χ4n) is 2.24. The van der Waals surface area contributed by atoms with E-state index in [1.54, 1.807) is 0 Å². The Morgan fingerprint density at radius 1 is 1.67 bits per heavy atom. The van der Waals surface area contributed by atoms with Gasteiger partial charge >= 0.3 is 5.97 Å². The topological polar surface area (TPSA) is 79.5 Å². The monoisotopic (exact) mass is 269 g/mol. The van der Waals surface area contributed by atoms with Gasteiger partial charge in [0.1, 0.15) is 5.01 Å². The molecule has 0 spiro atoms. The third-order valence-corrected chi connectivity index (χ3v) is 4.38. The van der Waals surface area contributed by atoms with Gasteiger partial charge in [0.25, 0.3) is 0 Å². The molecule has 6 heteroatoms. The van der Waals surface area contributed by atoms with Crippen LogP contribution in [0.25, 0.3) is 0 Å². The van der Waals surface area contributed by atoms with Crippen molar-refractivity contribution in [3.8, 4) is 0 Å². The molecule has 1 unspecified atom stereocenters. The van der Waals surface area contributed by atoms with Crippen LogP contribution in [-0.2, 0) is 4.79 Å². The highest BCUT2D eigenvalue weighted by Crippen LogP contribution is 2.30. The van der Waals surface area contributed by atoms with Crippen molar-refractivity contribution in [2.75, 3.05) is 20.1 Å². The molecule has 18 heavy (non-hydrogen) atoms. The van der Waals surface area contributed by atoms with Gasteiger partial charge in [0, 0.05) is 11.3 Å². The molecule has 1 saturated heterocycles. The van der Waals surface area contributed by atoms with E-state index < -0.39 is 12.0 Å². The minimum absolute atomic E-state index is 0.0552. The van der Waals surface area contributed by atoms with Crippen LogP contribution in [0.15, 0.2) is 5.38 Å². The average Bonchev–Trinajstić information content (AvgIpc) is 2.78. The van der Waals surface area contributed by atoms with Gasteiger partial charge in [0.2, 0.25) is 0 Å². The van der Waals surface area contributed by atoms with Crippen molar-refractivity contribution in [3.63, 3.8) is 0 Å². The van der Waals surface area contributed by atoms with Crippen molar-refractivity contribution in [3.05, 3.63) is 16.1 Å². The molecule has 3 N–H and O–H groups in total. The summed E-state index contributed by atoms with van der Waals surface area (Å²) in [6, 6.07) is -0.479. The first-order valence-corrected chi connectivity index (χ1v) is 7.05. The summed E-state index contributed by atoms with van der Waals surface area (Å²) in [4.78, 5) is 17.5. The summed E-state index contributed by atoms with van der Waals surface area (Å²) < 4.78 is 0. The first-order chi connectivity index (χ1) is 8.56. The Morgan fingerprint density at radius 2 is 2.33 bits per heavy atom. The molecule has 0 saturated carbocycles. The molecule has 0 radical (unpaired) electrons. The number of nitrogens with two attached hydrogens (primary N) is 1. The van der Waals surface area contributed by atoms with Gasteiger partial charge in [-0.15, -0.1) is 11.3 Å². The zero-order valence-electron chi connectivity index (χ0n) is 10.5. The summed E-state index contributed by atoms with van der Waals surface area (Å²) >= 11 is 1.48. The predicted octanol–water partition coefficient (Wildman–Crippen LogP) is 1.43. The van der Waals surface area contributed by atoms with Crippen molar-refractivity contribution in [2.45, 2.75) is 31.2 Å². The number of nitrogens with zero attached hydrogens (tertiary/aromatic N) is 2. The van der Waals surface area contributed by atoms with Gasteiger partial charge in [0.05, 0.1) is 18.2 Å². The zero-order valence-corrected chi connectivity index (χ0v) is 11.3. The Bertz CT molecular complexity index is 413. The van der Waals surface area contributed by atoms with E-state index in [1.807, 2.05) is 5.38 Å². The number of hydrogen-bond donors (Lipinski definition) is 2. The lowest BCUT2D eigenvalue weighted by Gasteiger charge is -2.27. The molecule has 0 bridgehead atoms. The first kappa shape index (κ1) is 13.5. The van der Waals surface area contributed by atoms with E-state index in [1.165, 1.54) is 11.3 Å². The zero-order chi connectivity index (χ0) is 13.1. The summed E-state index contributed by atoms with van der Waals surface area (Å²) in [5.74, 6) is -0.373. The Kier molecular flexibility index (Phi) is 4.31. The van der Waals surface area contributed by atoms with Crippen molar-refractivity contribution < 1.29 is 9.90 Å². The van der Waals surface area contributed by atoms with Crippen LogP contribution in [0.2, 0.25) is 0 Å². The lowest BCUT2D eigenvalue weighted by atomic mass is 9.94. The number of thiazole rings is 1. The first-order valence-electron chi connectivity index (χ1n) is 6.17. The summed E-state index contributed by atoms with van der Waals surface area (Å²) in [6.07, 6.45) is 2.18. The number of carbonyl (C=O) groups is 1. The smallest absolute Gasteiger partial charge is 0.305 e. The lowest BCUT2D eigenvalue weighted by Crippen LogP contribution is -2.29. The molecule has 1 aromatic heterocycles. The number of piperidine rings is 1. The van der Waals surface area contributed by atoms with E-state index >= 15 is 0 Å². The van der Waals surface area contributed by atoms with Crippen LogP contribution >= 0.6 is 11.3 Å². The van der Waals surface area contributed by atoms with Crippen LogP contribution in [0.3, 0.4) is 0 Å². The highest BCUT2D eigenvalue weighted by molar-refractivity contribution is 7.09. The van der Waals surface area contributed by atoms with Crippen molar-refractivity contribution in [1.82, 2.24) is 9.88 Å². The molecule has 1 aromatic rings. The minimum atomic E-state index is -0.876. The maximum atomic E-state index is 10.6. The van der Waals surface area contributed by atoms with Crippen molar-refractivity contribution in [1.29, 1.82) is 0 Å². The van der Waals surface area contributed by atoms with E-state index in [0.29, 0.717) is 5.92 Å². The number of rotatable bonds is 4. The minimum Gasteiger partial charge on any atom is -0.481 e. The molecule has 1 fully saturated rings. The quantitative estimate of drug-likeness (QED) is 0.864. The number of hydrogen-bond acceptors (Lipinski definition) is 5. The molecule has 0 aliphatic carbocycles. The fraction of sp³-hybridized carbons (Fsp3) is 0.667. The van der Waals surface area contributed by atoms with Gasteiger partial charge in [-0.05, 0) is 33.0 Å². The van der Waals surface area contributed by atoms with E-state index in [9.17, 15) is 4.79 Å². The second kappa shape index (κ2) is 5.77. The normalized spacial score (nSPS) is 19.9. The Hall–Kier alpha value is -0.980. The highest BCUT2D eigenvalue weighted by atomic mass is 32.1. The van der Waals surface area contributed by atoms with Gasteiger partial charge in [-0.2, -0.15) is 0 Å². The molecule has 100 valence electrons. The van der Waals surface area contributed by atoms with E-state index in [0.717, 1.165) is 36.6 Å². The van der Waals surface area contributed by atoms with Crippen LogP contribution in [0.4, 0.5) is 0 Å². The second-order valence-corrected chi connectivity index (χ2v) is 5.78. The molecule has 2 heterocycles. The summed E-state index contributed by atoms with van der Waals surface area (Å²) in [5, 5.41) is 11.5. The number of carboxylic acid groups (broad SMARTS) is 1. The standard InChI is InChI=1S/C12H19N3O2S/c1-15-4-2-8(3-5-15)10-7-18-12(14-10)9(13)6-11(16)17/h7-9H,2-6,13H2,1H3,(H,16,17). The molecule has 1 aliphatic rings. The third kappa shape index (κ3) is 3.28. The van der Waals surface area contributed by atoms with Crippen LogP contribution in [0, 0.1) is 0 Å². The maximum Gasteiger partial charge on any atom is 0.305 e. The van der Waals surface area contributed by atoms with Crippen LogP contribution in [-0.4, -0.2) is 41.1 Å². The van der Waals surface area contributed by atoms with E-state index in [2.05, 4.69) is 16.9 Å². The van der Waals surface area contributed by atoms with Crippen LogP contribution < -0.4 is 5.73 Å². The highest BCUT2D eigenvalue weighted by Gasteiger charge is 2.22. The van der Waals surface area contributed by atoms with Gasteiger partial charge in [0.15, 0.2) is 0 Å². The van der Waals surface area contributed by atoms with Gasteiger partial charge < -0.3 is 15.7 Å². The SMILES string of the molecule is CN1CCC(c2csc(C(N)CC(=O)O)n2)CC1. The predicted molar refractivity (Wildman–Crippen MR) is 70.8 cm³/mol. The molecule has 0 aromatic carbocycles. The largest absolute Gasteiger partial charge is 0.481 e. The second-order valence-electron chi connectivity index (χ2n) is 4.89. The Balaban J connectivity index is 1.99. The fourth-order valence-corrected chi connectivity index (χ4v) is 3.14. The van der Waals surface area contributed by atoms with E-state index in [4.69, 9.17) is 10.8 Å². The summed E-state index contributed by atoms with van der Waals surface area (Å²) in [7, 11) is 2.13. The molecular weight excluding hydrogens is 250 g/mol. The van der Waals surface area contributed by atoms with Crippen molar-refractivity contribution in [2.24, 2.45) is 5.73 Å². The lowest BCUT2D eigenvalue weighted by molar-refractivity contribution is -0.137. The summed E-state index contributed by atoms with van der Waals surface area (Å²) in [5.41, 5.74) is 6.91.